The SMILES string of the molecule is CC1CCN(Cc2ccc(Cl)cc2)C(CN)C1. The number of hydrogen-bond acceptors (Lipinski definition) is 2. The van der Waals surface area contributed by atoms with Crippen LogP contribution < -0.4 is 5.73 Å². The first-order valence-electron chi connectivity index (χ1n) is 6.37. The van der Waals surface area contributed by atoms with Crippen LogP contribution in [0.4, 0.5) is 0 Å². The van der Waals surface area contributed by atoms with Crippen molar-refractivity contribution < 1.29 is 0 Å². The molecule has 1 saturated heterocycles. The van der Waals surface area contributed by atoms with E-state index in [0.29, 0.717) is 6.04 Å². The predicted molar refractivity (Wildman–Crippen MR) is 73.1 cm³/mol. The molecule has 2 atom stereocenters. The van der Waals surface area contributed by atoms with E-state index in [9.17, 15) is 0 Å². The van der Waals surface area contributed by atoms with E-state index in [1.54, 1.807) is 0 Å². The number of benzene rings is 1. The highest BCUT2D eigenvalue weighted by atomic mass is 35.5. The molecule has 2 rings (SSSR count). The average molecular weight is 253 g/mol. The van der Waals surface area contributed by atoms with Crippen molar-refractivity contribution >= 4 is 11.6 Å². The van der Waals surface area contributed by atoms with E-state index < -0.39 is 0 Å². The molecule has 3 heteroatoms. The van der Waals surface area contributed by atoms with E-state index in [2.05, 4.69) is 24.0 Å². The Morgan fingerprint density at radius 2 is 2.06 bits per heavy atom. The molecule has 0 aromatic heterocycles. The molecule has 1 aromatic rings. The minimum absolute atomic E-state index is 0.537. The summed E-state index contributed by atoms with van der Waals surface area (Å²) in [6, 6.07) is 8.67. The Bertz CT molecular complexity index is 350. The van der Waals surface area contributed by atoms with Gasteiger partial charge >= 0.3 is 0 Å². The summed E-state index contributed by atoms with van der Waals surface area (Å²) < 4.78 is 0. The monoisotopic (exact) mass is 252 g/mol. The topological polar surface area (TPSA) is 29.3 Å². The standard InChI is InChI=1S/C14H21ClN2/c1-11-6-7-17(14(8-11)9-16)10-12-2-4-13(15)5-3-12/h2-5,11,14H,6-10,16H2,1H3. The summed E-state index contributed by atoms with van der Waals surface area (Å²) in [6.45, 7) is 5.23. The summed E-state index contributed by atoms with van der Waals surface area (Å²) in [5.74, 6) is 0.810. The van der Waals surface area contributed by atoms with E-state index in [1.807, 2.05) is 12.1 Å². The minimum Gasteiger partial charge on any atom is -0.329 e. The predicted octanol–water partition coefficient (Wildman–Crippen LogP) is 2.90. The van der Waals surface area contributed by atoms with Gasteiger partial charge in [0.05, 0.1) is 0 Å². The van der Waals surface area contributed by atoms with Crippen molar-refractivity contribution in [2.24, 2.45) is 11.7 Å². The maximum Gasteiger partial charge on any atom is 0.0406 e. The van der Waals surface area contributed by atoms with Gasteiger partial charge in [-0.05, 0) is 43.0 Å². The number of hydrogen-bond donors (Lipinski definition) is 1. The van der Waals surface area contributed by atoms with Crippen LogP contribution in [0, 0.1) is 5.92 Å². The first kappa shape index (κ1) is 12.9. The fourth-order valence-electron chi connectivity index (χ4n) is 2.58. The molecule has 1 heterocycles. The number of rotatable bonds is 3. The molecule has 1 fully saturated rings. The van der Waals surface area contributed by atoms with Crippen LogP contribution in [0.5, 0.6) is 0 Å². The van der Waals surface area contributed by atoms with Gasteiger partial charge in [0, 0.05) is 24.2 Å². The molecule has 94 valence electrons. The molecule has 1 aliphatic rings. The van der Waals surface area contributed by atoms with E-state index in [1.165, 1.54) is 18.4 Å². The van der Waals surface area contributed by atoms with Gasteiger partial charge < -0.3 is 5.73 Å². The fraction of sp³-hybridized carbons (Fsp3) is 0.571. The van der Waals surface area contributed by atoms with E-state index in [0.717, 1.165) is 30.6 Å². The van der Waals surface area contributed by atoms with Crippen molar-refractivity contribution in [2.45, 2.75) is 32.4 Å². The lowest BCUT2D eigenvalue weighted by atomic mass is 9.92. The Hall–Kier alpha value is -0.570. The Labute approximate surface area is 109 Å². The van der Waals surface area contributed by atoms with Gasteiger partial charge in [0.25, 0.3) is 0 Å². The van der Waals surface area contributed by atoms with Gasteiger partial charge in [0.15, 0.2) is 0 Å². The van der Waals surface area contributed by atoms with Crippen LogP contribution >= 0.6 is 11.6 Å². The second kappa shape index (κ2) is 5.85. The molecule has 17 heavy (non-hydrogen) atoms. The number of piperidine rings is 1. The zero-order valence-corrected chi connectivity index (χ0v) is 11.2. The van der Waals surface area contributed by atoms with Crippen molar-refractivity contribution in [1.82, 2.24) is 4.90 Å². The fourth-order valence-corrected chi connectivity index (χ4v) is 2.70. The van der Waals surface area contributed by atoms with Crippen LogP contribution in [0.25, 0.3) is 0 Å². The molecule has 0 amide bonds. The summed E-state index contributed by atoms with van der Waals surface area (Å²) in [5.41, 5.74) is 7.19. The molecular weight excluding hydrogens is 232 g/mol. The van der Waals surface area contributed by atoms with E-state index in [-0.39, 0.29) is 0 Å². The van der Waals surface area contributed by atoms with Gasteiger partial charge in [0.1, 0.15) is 0 Å². The molecule has 0 radical (unpaired) electrons. The molecule has 1 aromatic carbocycles. The molecule has 2 unspecified atom stereocenters. The first-order chi connectivity index (χ1) is 8.19. The summed E-state index contributed by atoms with van der Waals surface area (Å²) in [7, 11) is 0. The van der Waals surface area contributed by atoms with Crippen molar-refractivity contribution in [2.75, 3.05) is 13.1 Å². The molecule has 0 saturated carbocycles. The molecule has 0 spiro atoms. The molecule has 0 aliphatic carbocycles. The van der Waals surface area contributed by atoms with Gasteiger partial charge in [-0.3, -0.25) is 4.90 Å². The van der Waals surface area contributed by atoms with Gasteiger partial charge in [-0.1, -0.05) is 30.7 Å². The molecule has 1 aliphatic heterocycles. The summed E-state index contributed by atoms with van der Waals surface area (Å²) in [4.78, 5) is 2.50. The zero-order chi connectivity index (χ0) is 12.3. The van der Waals surface area contributed by atoms with E-state index in [4.69, 9.17) is 17.3 Å². The van der Waals surface area contributed by atoms with E-state index >= 15 is 0 Å². The van der Waals surface area contributed by atoms with Gasteiger partial charge in [-0.25, -0.2) is 0 Å². The Kier molecular flexibility index (Phi) is 4.43. The lowest BCUT2D eigenvalue weighted by Crippen LogP contribution is -2.45. The minimum atomic E-state index is 0.537. The number of likely N-dealkylation sites (tertiary alicyclic amines) is 1. The quantitative estimate of drug-likeness (QED) is 0.896. The number of nitrogens with zero attached hydrogens (tertiary/aromatic N) is 1. The third-order valence-electron chi connectivity index (χ3n) is 3.67. The van der Waals surface area contributed by atoms with Crippen molar-refractivity contribution in [3.63, 3.8) is 0 Å². The highest BCUT2D eigenvalue weighted by molar-refractivity contribution is 6.30. The number of nitrogens with two attached hydrogens (primary N) is 1. The van der Waals surface area contributed by atoms with Crippen molar-refractivity contribution in [1.29, 1.82) is 0 Å². The van der Waals surface area contributed by atoms with Crippen LogP contribution in [0.3, 0.4) is 0 Å². The largest absolute Gasteiger partial charge is 0.329 e. The van der Waals surface area contributed by atoms with Crippen molar-refractivity contribution in [3.05, 3.63) is 34.9 Å². The van der Waals surface area contributed by atoms with Crippen LogP contribution in [0.15, 0.2) is 24.3 Å². The van der Waals surface area contributed by atoms with Crippen LogP contribution in [0.2, 0.25) is 5.02 Å². The van der Waals surface area contributed by atoms with Crippen LogP contribution in [-0.4, -0.2) is 24.0 Å². The zero-order valence-electron chi connectivity index (χ0n) is 10.4. The third kappa shape index (κ3) is 3.44. The summed E-state index contributed by atoms with van der Waals surface area (Å²) in [5, 5.41) is 0.802. The lowest BCUT2D eigenvalue weighted by molar-refractivity contribution is 0.115. The smallest absolute Gasteiger partial charge is 0.0406 e. The Balaban J connectivity index is 1.99. The maximum absolute atomic E-state index is 5.90. The maximum atomic E-state index is 5.90. The van der Waals surface area contributed by atoms with Crippen LogP contribution in [0.1, 0.15) is 25.3 Å². The second-order valence-electron chi connectivity index (χ2n) is 5.12. The van der Waals surface area contributed by atoms with Crippen molar-refractivity contribution in [3.8, 4) is 0 Å². The average Bonchev–Trinajstić information content (AvgIpc) is 2.34. The third-order valence-corrected chi connectivity index (χ3v) is 3.92. The summed E-state index contributed by atoms with van der Waals surface area (Å²) in [6.07, 6.45) is 2.51. The molecule has 2 N–H and O–H groups in total. The Morgan fingerprint density at radius 3 is 2.71 bits per heavy atom. The van der Waals surface area contributed by atoms with Gasteiger partial charge in [0.2, 0.25) is 0 Å². The molecule has 0 bridgehead atoms. The highest BCUT2D eigenvalue weighted by Gasteiger charge is 2.24. The van der Waals surface area contributed by atoms with Gasteiger partial charge in [-0.2, -0.15) is 0 Å². The normalized spacial score (nSPS) is 26.1. The second-order valence-corrected chi connectivity index (χ2v) is 5.55. The van der Waals surface area contributed by atoms with Crippen LogP contribution in [-0.2, 0) is 6.54 Å². The van der Waals surface area contributed by atoms with Gasteiger partial charge in [-0.15, -0.1) is 0 Å². The highest BCUT2D eigenvalue weighted by Crippen LogP contribution is 2.23. The lowest BCUT2D eigenvalue weighted by Gasteiger charge is -2.38. The Morgan fingerprint density at radius 1 is 1.35 bits per heavy atom. The number of halogens is 1. The molecular formula is C14H21ClN2. The molecule has 2 nitrogen and oxygen atoms in total. The first-order valence-corrected chi connectivity index (χ1v) is 6.75. The summed E-state index contributed by atoms with van der Waals surface area (Å²) >= 11 is 5.90.